The third-order valence-electron chi connectivity index (χ3n) is 2.57. The highest BCUT2D eigenvalue weighted by Gasteiger charge is 2.25. The van der Waals surface area contributed by atoms with Crippen LogP contribution in [0.1, 0.15) is 44.4 Å². The predicted octanol–water partition coefficient (Wildman–Crippen LogP) is 4.05. The van der Waals surface area contributed by atoms with Gasteiger partial charge in [0.25, 0.3) is 0 Å². The van der Waals surface area contributed by atoms with Gasteiger partial charge in [-0.15, -0.1) is 0 Å². The van der Waals surface area contributed by atoms with Crippen LogP contribution in [0.2, 0.25) is 0 Å². The molecule has 1 rings (SSSR count). The molecule has 0 aliphatic carbocycles. The Kier molecular flexibility index (Phi) is 5.55. The molecule has 0 spiro atoms. The van der Waals surface area contributed by atoms with Crippen LogP contribution in [0.4, 0.5) is 13.2 Å². The fourth-order valence-electron chi connectivity index (χ4n) is 1.66. The van der Waals surface area contributed by atoms with Crippen LogP contribution in [0.5, 0.6) is 0 Å². The zero-order valence-electron chi connectivity index (χ0n) is 9.89. The molecule has 0 aromatic carbocycles. The lowest BCUT2D eigenvalue weighted by Gasteiger charge is -2.14. The van der Waals surface area contributed by atoms with Crippen molar-refractivity contribution in [1.82, 2.24) is 5.32 Å². The molecule has 0 saturated carbocycles. The molecule has 1 N–H and O–H groups in total. The minimum Gasteiger partial charge on any atom is -0.468 e. The normalized spacial score (nSPS) is 13.9. The molecule has 0 fully saturated rings. The molecule has 1 unspecified atom stereocenters. The number of furan rings is 1. The Morgan fingerprint density at radius 1 is 1.35 bits per heavy atom. The molecule has 0 aliphatic rings. The van der Waals surface area contributed by atoms with Crippen molar-refractivity contribution in [1.29, 1.82) is 0 Å². The van der Waals surface area contributed by atoms with Gasteiger partial charge < -0.3 is 9.73 Å². The summed E-state index contributed by atoms with van der Waals surface area (Å²) < 4.78 is 40.9. The molecule has 0 aliphatic heterocycles. The van der Waals surface area contributed by atoms with E-state index in [-0.39, 0.29) is 12.5 Å². The molecule has 0 radical (unpaired) electrons. The minimum absolute atomic E-state index is 0.0934. The molecule has 17 heavy (non-hydrogen) atoms. The van der Waals surface area contributed by atoms with Gasteiger partial charge in [-0.05, 0) is 37.9 Å². The van der Waals surface area contributed by atoms with Gasteiger partial charge >= 0.3 is 6.18 Å². The summed E-state index contributed by atoms with van der Waals surface area (Å²) >= 11 is 0. The fourth-order valence-corrected chi connectivity index (χ4v) is 1.66. The molecule has 5 heteroatoms. The van der Waals surface area contributed by atoms with Crippen LogP contribution in [0.3, 0.4) is 0 Å². The average Bonchev–Trinajstić information content (AvgIpc) is 2.75. The lowest BCUT2D eigenvalue weighted by molar-refractivity contribution is -0.135. The van der Waals surface area contributed by atoms with Crippen molar-refractivity contribution in [2.45, 2.75) is 44.8 Å². The molecule has 1 heterocycles. The lowest BCUT2D eigenvalue weighted by atomic mass is 10.1. The van der Waals surface area contributed by atoms with E-state index in [4.69, 9.17) is 4.42 Å². The van der Waals surface area contributed by atoms with E-state index in [1.54, 1.807) is 6.26 Å². The van der Waals surface area contributed by atoms with E-state index in [9.17, 15) is 13.2 Å². The van der Waals surface area contributed by atoms with Gasteiger partial charge in [-0.1, -0.05) is 6.92 Å². The van der Waals surface area contributed by atoms with E-state index >= 15 is 0 Å². The highest BCUT2D eigenvalue weighted by atomic mass is 19.4. The summed E-state index contributed by atoms with van der Waals surface area (Å²) in [5.41, 5.74) is 0. The molecule has 1 aromatic heterocycles. The van der Waals surface area contributed by atoms with Crippen molar-refractivity contribution < 1.29 is 17.6 Å². The summed E-state index contributed by atoms with van der Waals surface area (Å²) in [5.74, 6) is 0.836. The number of hydrogen-bond acceptors (Lipinski definition) is 2. The standard InChI is InChI=1S/C12H18F3NO/c1-2-10(11-6-5-9-17-11)16-8-4-3-7-12(13,14)15/h5-6,9-10,16H,2-4,7-8H2,1H3. The van der Waals surface area contributed by atoms with Crippen LogP contribution in [-0.2, 0) is 0 Å². The number of alkyl halides is 3. The van der Waals surface area contributed by atoms with Crippen molar-refractivity contribution in [3.63, 3.8) is 0 Å². The van der Waals surface area contributed by atoms with Crippen LogP contribution >= 0.6 is 0 Å². The van der Waals surface area contributed by atoms with Gasteiger partial charge in [-0.3, -0.25) is 0 Å². The average molecular weight is 249 g/mol. The quantitative estimate of drug-likeness (QED) is 0.737. The van der Waals surface area contributed by atoms with Gasteiger partial charge in [-0.25, -0.2) is 0 Å². The van der Waals surface area contributed by atoms with Crippen LogP contribution < -0.4 is 5.32 Å². The number of hydrogen-bond donors (Lipinski definition) is 1. The maximum Gasteiger partial charge on any atom is 0.389 e. The molecular formula is C12H18F3NO. The number of rotatable bonds is 7. The highest BCUT2D eigenvalue weighted by Crippen LogP contribution is 2.22. The highest BCUT2D eigenvalue weighted by molar-refractivity contribution is 5.03. The summed E-state index contributed by atoms with van der Waals surface area (Å²) in [6, 6.07) is 3.77. The van der Waals surface area contributed by atoms with Crippen molar-refractivity contribution in [3.05, 3.63) is 24.2 Å². The minimum atomic E-state index is -4.04. The van der Waals surface area contributed by atoms with E-state index in [1.807, 2.05) is 19.1 Å². The van der Waals surface area contributed by atoms with Crippen molar-refractivity contribution >= 4 is 0 Å². The Hall–Kier alpha value is -0.970. The Labute approximate surface area is 99.2 Å². The molecular weight excluding hydrogens is 231 g/mol. The Morgan fingerprint density at radius 3 is 2.65 bits per heavy atom. The first-order valence-corrected chi connectivity index (χ1v) is 5.86. The van der Waals surface area contributed by atoms with Crippen molar-refractivity contribution in [2.75, 3.05) is 6.54 Å². The smallest absolute Gasteiger partial charge is 0.389 e. The maximum absolute atomic E-state index is 11.9. The number of halogens is 3. The van der Waals surface area contributed by atoms with Crippen molar-refractivity contribution in [2.24, 2.45) is 0 Å². The molecule has 1 aromatic rings. The largest absolute Gasteiger partial charge is 0.468 e. The van der Waals surface area contributed by atoms with Crippen LogP contribution in [0.25, 0.3) is 0 Å². The lowest BCUT2D eigenvalue weighted by Crippen LogP contribution is -2.21. The first-order chi connectivity index (χ1) is 8.03. The molecule has 2 nitrogen and oxygen atoms in total. The van der Waals surface area contributed by atoms with E-state index in [1.165, 1.54) is 0 Å². The van der Waals surface area contributed by atoms with E-state index in [0.29, 0.717) is 13.0 Å². The van der Waals surface area contributed by atoms with Gasteiger partial charge in [0.1, 0.15) is 5.76 Å². The van der Waals surface area contributed by atoms with E-state index < -0.39 is 12.6 Å². The topological polar surface area (TPSA) is 25.2 Å². The second-order valence-corrected chi connectivity index (χ2v) is 4.00. The second kappa shape index (κ2) is 6.69. The second-order valence-electron chi connectivity index (χ2n) is 4.00. The summed E-state index contributed by atoms with van der Waals surface area (Å²) in [4.78, 5) is 0. The Balaban J connectivity index is 2.17. The van der Waals surface area contributed by atoms with E-state index in [0.717, 1.165) is 12.2 Å². The SMILES string of the molecule is CCC(NCCCCC(F)(F)F)c1ccco1. The summed E-state index contributed by atoms with van der Waals surface area (Å²) in [6.45, 7) is 2.59. The Bertz CT molecular complexity index is 295. The zero-order chi connectivity index (χ0) is 12.7. The third kappa shape index (κ3) is 5.77. The van der Waals surface area contributed by atoms with Gasteiger partial charge in [0.15, 0.2) is 0 Å². The van der Waals surface area contributed by atoms with Crippen LogP contribution in [-0.4, -0.2) is 12.7 Å². The molecule has 0 bridgehead atoms. The fraction of sp³-hybridized carbons (Fsp3) is 0.667. The summed E-state index contributed by atoms with van der Waals surface area (Å²) in [7, 11) is 0. The number of unbranched alkanes of at least 4 members (excludes halogenated alkanes) is 1. The molecule has 1 atom stereocenters. The van der Waals surface area contributed by atoms with Gasteiger partial charge in [0, 0.05) is 6.42 Å². The zero-order valence-corrected chi connectivity index (χ0v) is 9.89. The van der Waals surface area contributed by atoms with Gasteiger partial charge in [0.05, 0.1) is 12.3 Å². The third-order valence-corrected chi connectivity index (χ3v) is 2.57. The maximum atomic E-state index is 11.9. The molecule has 0 amide bonds. The summed E-state index contributed by atoms with van der Waals surface area (Å²) in [5, 5.41) is 3.20. The first-order valence-electron chi connectivity index (χ1n) is 5.86. The number of nitrogens with one attached hydrogen (secondary N) is 1. The van der Waals surface area contributed by atoms with Crippen LogP contribution in [0, 0.1) is 0 Å². The van der Waals surface area contributed by atoms with Crippen molar-refractivity contribution in [3.8, 4) is 0 Å². The summed E-state index contributed by atoms with van der Waals surface area (Å²) in [6.07, 6.45) is -1.59. The van der Waals surface area contributed by atoms with E-state index in [2.05, 4.69) is 5.32 Å². The Morgan fingerprint density at radius 2 is 2.12 bits per heavy atom. The van der Waals surface area contributed by atoms with Gasteiger partial charge in [0.2, 0.25) is 0 Å². The molecule has 98 valence electrons. The predicted molar refractivity (Wildman–Crippen MR) is 59.6 cm³/mol. The monoisotopic (exact) mass is 249 g/mol. The van der Waals surface area contributed by atoms with Crippen LogP contribution in [0.15, 0.2) is 22.8 Å². The van der Waals surface area contributed by atoms with Gasteiger partial charge in [-0.2, -0.15) is 13.2 Å². The molecule has 0 saturated heterocycles. The first kappa shape index (κ1) is 14.1.